The van der Waals surface area contributed by atoms with Crippen LogP contribution in [0.15, 0.2) is 18.2 Å². The quantitative estimate of drug-likeness (QED) is 0.906. The van der Waals surface area contributed by atoms with Crippen LogP contribution in [0.1, 0.15) is 15.6 Å². The monoisotopic (exact) mass is 270 g/mol. The average Bonchev–Trinajstić information content (AvgIpc) is 2.58. The van der Waals surface area contributed by atoms with Gasteiger partial charge < -0.3 is 5.32 Å². The molecule has 0 radical (unpaired) electrons. The van der Waals surface area contributed by atoms with E-state index >= 15 is 0 Å². The second-order valence-electron chi connectivity index (χ2n) is 3.70. The Labute approximate surface area is 108 Å². The van der Waals surface area contributed by atoms with Crippen molar-refractivity contribution in [2.45, 2.75) is 20.4 Å². The van der Waals surface area contributed by atoms with Crippen molar-refractivity contribution < 1.29 is 4.39 Å². The van der Waals surface area contributed by atoms with Crippen molar-refractivity contribution in [1.82, 2.24) is 4.98 Å². The van der Waals surface area contributed by atoms with Crippen LogP contribution < -0.4 is 5.32 Å². The van der Waals surface area contributed by atoms with Crippen molar-refractivity contribution in [3.05, 3.63) is 44.6 Å². The third-order valence-corrected chi connectivity index (χ3v) is 3.84. The third-order valence-electron chi connectivity index (χ3n) is 2.45. The molecule has 2 rings (SSSR count). The Balaban J connectivity index is 2.12. The van der Waals surface area contributed by atoms with Gasteiger partial charge in [-0.2, -0.15) is 0 Å². The van der Waals surface area contributed by atoms with E-state index in [0.29, 0.717) is 17.3 Å². The van der Waals surface area contributed by atoms with Gasteiger partial charge in [0.05, 0.1) is 22.9 Å². The van der Waals surface area contributed by atoms with Gasteiger partial charge in [0.1, 0.15) is 10.8 Å². The normalized spacial score (nSPS) is 10.6. The Morgan fingerprint density at radius 2 is 2.18 bits per heavy atom. The summed E-state index contributed by atoms with van der Waals surface area (Å²) in [7, 11) is 0. The maximum Gasteiger partial charge on any atom is 0.147 e. The molecule has 0 unspecified atom stereocenters. The Bertz CT molecular complexity index is 500. The van der Waals surface area contributed by atoms with Crippen LogP contribution in [-0.2, 0) is 6.54 Å². The Kier molecular flexibility index (Phi) is 3.64. The van der Waals surface area contributed by atoms with Crippen LogP contribution in [0.25, 0.3) is 0 Å². The highest BCUT2D eigenvalue weighted by molar-refractivity contribution is 7.11. The standard InChI is InChI=1S/C12H12ClFN2S/c1-7-8(2)17-11(16-7)6-15-12-9(13)4-3-5-10(12)14/h3-5,15H,6H2,1-2H3. The summed E-state index contributed by atoms with van der Waals surface area (Å²) in [6.07, 6.45) is 0. The number of benzene rings is 1. The first-order valence-corrected chi connectivity index (χ1v) is 6.38. The fourth-order valence-electron chi connectivity index (χ4n) is 1.45. The highest BCUT2D eigenvalue weighted by Crippen LogP contribution is 2.26. The van der Waals surface area contributed by atoms with Gasteiger partial charge in [-0.1, -0.05) is 17.7 Å². The van der Waals surface area contributed by atoms with Crippen molar-refractivity contribution in [2.75, 3.05) is 5.32 Å². The van der Waals surface area contributed by atoms with E-state index in [1.54, 1.807) is 23.5 Å². The van der Waals surface area contributed by atoms with E-state index in [-0.39, 0.29) is 5.82 Å². The van der Waals surface area contributed by atoms with Gasteiger partial charge in [0, 0.05) is 4.88 Å². The lowest BCUT2D eigenvalue weighted by Gasteiger charge is -2.07. The van der Waals surface area contributed by atoms with Gasteiger partial charge in [-0.3, -0.25) is 0 Å². The molecule has 1 aromatic carbocycles. The molecule has 0 aliphatic heterocycles. The number of nitrogens with zero attached hydrogens (tertiary/aromatic N) is 1. The SMILES string of the molecule is Cc1nc(CNc2c(F)cccc2Cl)sc1C. The Morgan fingerprint density at radius 3 is 2.76 bits per heavy atom. The number of halogens is 2. The molecule has 1 heterocycles. The van der Waals surface area contributed by atoms with Crippen molar-refractivity contribution in [3.8, 4) is 0 Å². The predicted octanol–water partition coefficient (Wildman–Crippen LogP) is 4.16. The molecule has 2 aromatic rings. The molecule has 0 aliphatic carbocycles. The smallest absolute Gasteiger partial charge is 0.147 e. The van der Waals surface area contributed by atoms with E-state index in [4.69, 9.17) is 11.6 Å². The molecule has 2 nitrogen and oxygen atoms in total. The van der Waals surface area contributed by atoms with E-state index in [1.807, 2.05) is 13.8 Å². The van der Waals surface area contributed by atoms with Crippen LogP contribution >= 0.6 is 22.9 Å². The number of aromatic nitrogens is 1. The van der Waals surface area contributed by atoms with Crippen LogP contribution in [0.4, 0.5) is 10.1 Å². The minimum Gasteiger partial charge on any atom is -0.375 e. The minimum absolute atomic E-state index is 0.333. The lowest BCUT2D eigenvalue weighted by molar-refractivity contribution is 0.630. The average molecular weight is 271 g/mol. The molecule has 0 bridgehead atoms. The van der Waals surface area contributed by atoms with E-state index in [0.717, 1.165) is 10.7 Å². The Hall–Kier alpha value is -1.13. The van der Waals surface area contributed by atoms with Gasteiger partial charge >= 0.3 is 0 Å². The highest BCUT2D eigenvalue weighted by Gasteiger charge is 2.08. The minimum atomic E-state index is -0.345. The summed E-state index contributed by atoms with van der Waals surface area (Å²) >= 11 is 7.52. The number of para-hydroxylation sites is 1. The lowest BCUT2D eigenvalue weighted by atomic mass is 10.3. The van der Waals surface area contributed by atoms with Crippen molar-refractivity contribution >= 4 is 28.6 Å². The molecule has 0 atom stereocenters. The molecule has 0 amide bonds. The summed E-state index contributed by atoms with van der Waals surface area (Å²) in [5, 5.41) is 4.29. The van der Waals surface area contributed by atoms with Gasteiger partial charge in [0.25, 0.3) is 0 Å². The number of anilines is 1. The summed E-state index contributed by atoms with van der Waals surface area (Å²) in [6.45, 7) is 4.47. The van der Waals surface area contributed by atoms with Crippen LogP contribution in [0.3, 0.4) is 0 Å². The molecule has 17 heavy (non-hydrogen) atoms. The second kappa shape index (κ2) is 5.02. The number of thiazole rings is 1. The molecule has 1 aromatic heterocycles. The molecule has 1 N–H and O–H groups in total. The molecule has 5 heteroatoms. The number of nitrogens with one attached hydrogen (secondary N) is 1. The predicted molar refractivity (Wildman–Crippen MR) is 70.3 cm³/mol. The van der Waals surface area contributed by atoms with Crippen LogP contribution in [0, 0.1) is 19.7 Å². The van der Waals surface area contributed by atoms with Gasteiger partial charge in [0.2, 0.25) is 0 Å². The zero-order valence-corrected chi connectivity index (χ0v) is 11.1. The van der Waals surface area contributed by atoms with E-state index in [1.165, 1.54) is 10.9 Å². The van der Waals surface area contributed by atoms with Gasteiger partial charge in [-0.15, -0.1) is 11.3 Å². The van der Waals surface area contributed by atoms with Crippen LogP contribution in [0.5, 0.6) is 0 Å². The van der Waals surface area contributed by atoms with Gasteiger partial charge in [-0.25, -0.2) is 9.37 Å². The Morgan fingerprint density at radius 1 is 1.41 bits per heavy atom. The molecular weight excluding hydrogens is 259 g/mol. The van der Waals surface area contributed by atoms with E-state index in [9.17, 15) is 4.39 Å². The van der Waals surface area contributed by atoms with E-state index < -0.39 is 0 Å². The molecule has 0 spiro atoms. The number of hydrogen-bond donors (Lipinski definition) is 1. The van der Waals surface area contributed by atoms with Gasteiger partial charge in [-0.05, 0) is 26.0 Å². The second-order valence-corrected chi connectivity index (χ2v) is 5.39. The number of aryl methyl sites for hydroxylation is 2. The summed E-state index contributed by atoms with van der Waals surface area (Å²) in [4.78, 5) is 5.56. The fraction of sp³-hybridized carbons (Fsp3) is 0.250. The molecule has 0 saturated heterocycles. The summed E-state index contributed by atoms with van der Waals surface area (Å²) in [5.41, 5.74) is 1.35. The van der Waals surface area contributed by atoms with Crippen LogP contribution in [-0.4, -0.2) is 4.98 Å². The molecular formula is C12H12ClFN2S. The molecule has 90 valence electrons. The number of hydrogen-bond acceptors (Lipinski definition) is 3. The largest absolute Gasteiger partial charge is 0.375 e. The van der Waals surface area contributed by atoms with Crippen molar-refractivity contribution in [1.29, 1.82) is 0 Å². The van der Waals surface area contributed by atoms with E-state index in [2.05, 4.69) is 10.3 Å². The topological polar surface area (TPSA) is 24.9 Å². The lowest BCUT2D eigenvalue weighted by Crippen LogP contribution is -2.01. The van der Waals surface area contributed by atoms with Crippen molar-refractivity contribution in [3.63, 3.8) is 0 Å². The maximum absolute atomic E-state index is 13.5. The van der Waals surface area contributed by atoms with Crippen LogP contribution in [0.2, 0.25) is 5.02 Å². The first kappa shape index (κ1) is 12.3. The van der Waals surface area contributed by atoms with Gasteiger partial charge in [0.15, 0.2) is 0 Å². The highest BCUT2D eigenvalue weighted by atomic mass is 35.5. The molecule has 0 fully saturated rings. The third kappa shape index (κ3) is 2.76. The summed E-state index contributed by atoms with van der Waals surface area (Å²) in [6, 6.07) is 4.62. The van der Waals surface area contributed by atoms with Crippen molar-refractivity contribution in [2.24, 2.45) is 0 Å². The first-order chi connectivity index (χ1) is 8.08. The first-order valence-electron chi connectivity index (χ1n) is 5.18. The molecule has 0 aliphatic rings. The zero-order valence-electron chi connectivity index (χ0n) is 9.55. The molecule has 0 saturated carbocycles. The number of rotatable bonds is 3. The fourth-order valence-corrected chi connectivity index (χ4v) is 2.55. The maximum atomic E-state index is 13.5. The zero-order chi connectivity index (χ0) is 12.4. The summed E-state index contributed by atoms with van der Waals surface area (Å²) < 4.78 is 13.5. The summed E-state index contributed by atoms with van der Waals surface area (Å²) in [5.74, 6) is -0.345.